The van der Waals surface area contributed by atoms with Crippen molar-refractivity contribution in [2.45, 2.75) is 19.4 Å². The van der Waals surface area contributed by atoms with Crippen molar-refractivity contribution in [3.63, 3.8) is 0 Å². The third-order valence-electron chi connectivity index (χ3n) is 1.74. The lowest BCUT2D eigenvalue weighted by molar-refractivity contribution is -0.144. The van der Waals surface area contributed by atoms with Gasteiger partial charge in [-0.25, -0.2) is 0 Å². The molecule has 0 fully saturated rings. The smallest absolute Gasteiger partial charge is 0.323 e. The van der Waals surface area contributed by atoms with Crippen molar-refractivity contribution in [2.75, 3.05) is 6.61 Å². The Kier molecular flexibility index (Phi) is 4.07. The highest BCUT2D eigenvalue weighted by Crippen LogP contribution is 1.99. The van der Waals surface area contributed by atoms with Gasteiger partial charge in [-0.1, -0.05) is 6.07 Å². The van der Waals surface area contributed by atoms with Crippen LogP contribution in [0.25, 0.3) is 0 Å². The molecule has 76 valence electrons. The molecule has 0 spiro atoms. The molecule has 2 N–H and O–H groups in total. The predicted molar refractivity (Wildman–Crippen MR) is 52.5 cm³/mol. The van der Waals surface area contributed by atoms with Gasteiger partial charge in [-0.05, 0) is 19.1 Å². The van der Waals surface area contributed by atoms with Crippen molar-refractivity contribution in [3.8, 4) is 0 Å². The van der Waals surface area contributed by atoms with E-state index in [1.54, 1.807) is 13.1 Å². The average molecular weight is 194 g/mol. The summed E-state index contributed by atoms with van der Waals surface area (Å²) in [6.45, 7) is 2.11. The zero-order valence-corrected chi connectivity index (χ0v) is 8.14. The number of hydrogen-bond acceptors (Lipinski definition) is 4. The predicted octanol–water partition coefficient (Wildman–Crippen LogP) is 0.514. The number of nitrogens with zero attached hydrogens (tertiary/aromatic N) is 1. The van der Waals surface area contributed by atoms with Crippen molar-refractivity contribution in [3.05, 3.63) is 30.1 Å². The van der Waals surface area contributed by atoms with Crippen LogP contribution >= 0.6 is 0 Å². The van der Waals surface area contributed by atoms with Crippen LogP contribution in [0.2, 0.25) is 0 Å². The minimum atomic E-state index is -0.621. The van der Waals surface area contributed by atoms with Gasteiger partial charge in [0.05, 0.1) is 6.61 Å². The molecule has 0 aliphatic rings. The first-order valence-corrected chi connectivity index (χ1v) is 4.56. The van der Waals surface area contributed by atoms with Crippen LogP contribution in [-0.4, -0.2) is 23.6 Å². The van der Waals surface area contributed by atoms with E-state index < -0.39 is 6.04 Å². The fourth-order valence-corrected chi connectivity index (χ4v) is 1.08. The largest absolute Gasteiger partial charge is 0.465 e. The maximum absolute atomic E-state index is 11.2. The number of carbonyl (C=O) groups is 1. The SMILES string of the molecule is CCOC(=O)[C@@H](N)Cc1ccccn1. The summed E-state index contributed by atoms with van der Waals surface area (Å²) in [6, 6.07) is 4.89. The molecule has 1 atom stereocenters. The van der Waals surface area contributed by atoms with E-state index in [1.165, 1.54) is 0 Å². The first-order chi connectivity index (χ1) is 6.74. The standard InChI is InChI=1S/C10H14N2O2/c1-2-14-10(13)9(11)7-8-5-3-4-6-12-8/h3-6,9H,2,7,11H2,1H3/t9-/m0/s1. The highest BCUT2D eigenvalue weighted by atomic mass is 16.5. The summed E-state index contributed by atoms with van der Waals surface area (Å²) in [6.07, 6.45) is 2.09. The molecule has 4 nitrogen and oxygen atoms in total. The lowest BCUT2D eigenvalue weighted by Crippen LogP contribution is -2.34. The Balaban J connectivity index is 2.49. The molecule has 0 saturated carbocycles. The Morgan fingerprint density at radius 2 is 2.43 bits per heavy atom. The Bertz CT molecular complexity index is 287. The van der Waals surface area contributed by atoms with E-state index in [9.17, 15) is 4.79 Å². The van der Waals surface area contributed by atoms with E-state index in [4.69, 9.17) is 10.5 Å². The summed E-state index contributed by atoms with van der Waals surface area (Å²) in [5, 5.41) is 0. The summed E-state index contributed by atoms with van der Waals surface area (Å²) in [5.41, 5.74) is 6.42. The Hall–Kier alpha value is -1.42. The number of esters is 1. The Labute approximate surface area is 83.1 Å². The molecule has 0 bridgehead atoms. The molecule has 0 unspecified atom stereocenters. The van der Waals surface area contributed by atoms with E-state index in [1.807, 2.05) is 18.2 Å². The highest BCUT2D eigenvalue weighted by molar-refractivity contribution is 5.75. The van der Waals surface area contributed by atoms with Gasteiger partial charge in [0, 0.05) is 18.3 Å². The van der Waals surface area contributed by atoms with Crippen molar-refractivity contribution in [2.24, 2.45) is 5.73 Å². The summed E-state index contributed by atoms with van der Waals surface area (Å²) in [5.74, 6) is -0.377. The third-order valence-corrected chi connectivity index (χ3v) is 1.74. The number of ether oxygens (including phenoxy) is 1. The Morgan fingerprint density at radius 1 is 1.64 bits per heavy atom. The van der Waals surface area contributed by atoms with E-state index in [0.29, 0.717) is 13.0 Å². The van der Waals surface area contributed by atoms with Crippen molar-refractivity contribution in [1.82, 2.24) is 4.98 Å². The van der Waals surface area contributed by atoms with E-state index >= 15 is 0 Å². The van der Waals surface area contributed by atoms with Crippen LogP contribution in [0.15, 0.2) is 24.4 Å². The molecule has 1 aromatic heterocycles. The number of rotatable bonds is 4. The van der Waals surface area contributed by atoms with Crippen LogP contribution in [0.4, 0.5) is 0 Å². The zero-order valence-electron chi connectivity index (χ0n) is 8.14. The number of carbonyl (C=O) groups excluding carboxylic acids is 1. The van der Waals surface area contributed by atoms with Crippen LogP contribution < -0.4 is 5.73 Å². The van der Waals surface area contributed by atoms with Gasteiger partial charge in [-0.15, -0.1) is 0 Å². The molecule has 0 radical (unpaired) electrons. The van der Waals surface area contributed by atoms with Crippen LogP contribution in [-0.2, 0) is 16.0 Å². The molecule has 0 aromatic carbocycles. The molecule has 0 amide bonds. The maximum Gasteiger partial charge on any atom is 0.323 e. The van der Waals surface area contributed by atoms with Crippen LogP contribution in [0, 0.1) is 0 Å². The van der Waals surface area contributed by atoms with Gasteiger partial charge in [-0.2, -0.15) is 0 Å². The van der Waals surface area contributed by atoms with Crippen molar-refractivity contribution in [1.29, 1.82) is 0 Å². The summed E-state index contributed by atoms with van der Waals surface area (Å²) in [4.78, 5) is 15.2. The van der Waals surface area contributed by atoms with Gasteiger partial charge in [0.2, 0.25) is 0 Å². The van der Waals surface area contributed by atoms with E-state index in [-0.39, 0.29) is 5.97 Å². The number of hydrogen-bond donors (Lipinski definition) is 1. The van der Waals surface area contributed by atoms with Crippen molar-refractivity contribution < 1.29 is 9.53 Å². The fraction of sp³-hybridized carbons (Fsp3) is 0.400. The molecule has 0 aliphatic carbocycles. The summed E-state index contributed by atoms with van der Waals surface area (Å²) >= 11 is 0. The molecular formula is C10H14N2O2. The molecule has 1 aromatic rings. The van der Waals surface area contributed by atoms with Gasteiger partial charge in [0.1, 0.15) is 6.04 Å². The maximum atomic E-state index is 11.2. The molecule has 1 rings (SSSR count). The lowest BCUT2D eigenvalue weighted by atomic mass is 10.1. The van der Waals surface area contributed by atoms with Gasteiger partial charge in [0.15, 0.2) is 0 Å². The number of pyridine rings is 1. The quantitative estimate of drug-likeness (QED) is 0.709. The topological polar surface area (TPSA) is 65.2 Å². The fourth-order valence-electron chi connectivity index (χ4n) is 1.08. The molecule has 0 aliphatic heterocycles. The molecular weight excluding hydrogens is 180 g/mol. The number of aromatic nitrogens is 1. The third kappa shape index (κ3) is 3.14. The van der Waals surface area contributed by atoms with E-state index in [2.05, 4.69) is 4.98 Å². The van der Waals surface area contributed by atoms with Gasteiger partial charge >= 0.3 is 5.97 Å². The normalized spacial score (nSPS) is 12.1. The molecule has 0 saturated heterocycles. The highest BCUT2D eigenvalue weighted by Gasteiger charge is 2.15. The van der Waals surface area contributed by atoms with Gasteiger partial charge in [-0.3, -0.25) is 9.78 Å². The van der Waals surface area contributed by atoms with Crippen LogP contribution in [0.5, 0.6) is 0 Å². The minimum Gasteiger partial charge on any atom is -0.465 e. The Morgan fingerprint density at radius 3 is 3.00 bits per heavy atom. The summed E-state index contributed by atoms with van der Waals surface area (Å²) < 4.78 is 4.78. The lowest BCUT2D eigenvalue weighted by Gasteiger charge is -2.09. The van der Waals surface area contributed by atoms with Crippen molar-refractivity contribution >= 4 is 5.97 Å². The summed E-state index contributed by atoms with van der Waals surface area (Å²) in [7, 11) is 0. The molecule has 1 heterocycles. The monoisotopic (exact) mass is 194 g/mol. The second kappa shape index (κ2) is 5.34. The zero-order chi connectivity index (χ0) is 10.4. The minimum absolute atomic E-state index is 0.356. The van der Waals surface area contributed by atoms with Crippen LogP contribution in [0.1, 0.15) is 12.6 Å². The molecule has 14 heavy (non-hydrogen) atoms. The first kappa shape index (κ1) is 10.7. The van der Waals surface area contributed by atoms with E-state index in [0.717, 1.165) is 5.69 Å². The van der Waals surface area contributed by atoms with Crippen LogP contribution in [0.3, 0.4) is 0 Å². The van der Waals surface area contributed by atoms with Gasteiger partial charge < -0.3 is 10.5 Å². The molecule has 4 heteroatoms. The second-order valence-electron chi connectivity index (χ2n) is 2.88. The second-order valence-corrected chi connectivity index (χ2v) is 2.88. The first-order valence-electron chi connectivity index (χ1n) is 4.56. The van der Waals surface area contributed by atoms with Gasteiger partial charge in [0.25, 0.3) is 0 Å². The average Bonchev–Trinajstić information content (AvgIpc) is 2.19. The number of nitrogens with two attached hydrogens (primary N) is 1.